The normalized spacial score (nSPS) is 14.8. The van der Waals surface area contributed by atoms with E-state index in [1.54, 1.807) is 12.4 Å². The van der Waals surface area contributed by atoms with Crippen LogP contribution in [0.2, 0.25) is 0 Å². The predicted molar refractivity (Wildman–Crippen MR) is 126 cm³/mol. The molecule has 0 radical (unpaired) electrons. The van der Waals surface area contributed by atoms with Gasteiger partial charge in [0.15, 0.2) is 11.9 Å². The number of aromatic nitrogens is 2. The first-order valence-electron chi connectivity index (χ1n) is 9.09. The van der Waals surface area contributed by atoms with Crippen molar-refractivity contribution in [3.8, 4) is 0 Å². The Morgan fingerprint density at radius 1 is 1.10 bits per heavy atom. The number of pyridine rings is 2. The second-order valence-electron chi connectivity index (χ2n) is 6.65. The van der Waals surface area contributed by atoms with Crippen LogP contribution in [0.15, 0.2) is 33.5 Å². The van der Waals surface area contributed by atoms with Gasteiger partial charge in [0.05, 0.1) is 16.3 Å². The summed E-state index contributed by atoms with van der Waals surface area (Å²) in [7, 11) is 0. The van der Waals surface area contributed by atoms with Gasteiger partial charge in [0, 0.05) is 36.5 Å². The summed E-state index contributed by atoms with van der Waals surface area (Å²) in [5.74, 6) is -1.12. The highest BCUT2D eigenvalue weighted by atomic mass is 79.9. The summed E-state index contributed by atoms with van der Waals surface area (Å²) in [6.07, 6.45) is 7.84. The Kier molecular flexibility index (Phi) is 12.7. The van der Waals surface area contributed by atoms with Crippen molar-refractivity contribution in [2.24, 2.45) is 0 Å². The third-order valence-corrected chi connectivity index (χ3v) is 5.17. The molecule has 1 N–H and O–H groups in total. The molecule has 0 aliphatic heterocycles. The minimum atomic E-state index is -0.562. The Hall–Kier alpha value is -1.84. The maximum Gasteiger partial charge on any atom is 0.310 e. The maximum absolute atomic E-state index is 11.2. The van der Waals surface area contributed by atoms with E-state index >= 15 is 0 Å². The number of aryl methyl sites for hydroxylation is 2. The number of carbonyl (C=O) groups is 2. The smallest absolute Gasteiger partial charge is 0.310 e. The van der Waals surface area contributed by atoms with E-state index in [-0.39, 0.29) is 21.0 Å². The molecule has 0 aromatic carbocycles. The lowest BCUT2D eigenvalue weighted by atomic mass is 10.2. The van der Waals surface area contributed by atoms with Gasteiger partial charge in [-0.15, -0.1) is 0 Å². The summed E-state index contributed by atoms with van der Waals surface area (Å²) in [5, 5.41) is 20.6. The zero-order valence-corrected chi connectivity index (χ0v) is 19.3. The second-order valence-corrected chi connectivity index (χ2v) is 8.48. The SMILES string of the molecule is C.C.CC(=O)OC(C)=O.OC1CCc2cc(Br)cnc21.[O-][n+]1cc(Br)cc2c1CCC2. The highest BCUT2D eigenvalue weighted by Crippen LogP contribution is 2.30. The van der Waals surface area contributed by atoms with Gasteiger partial charge in [-0.25, -0.2) is 0 Å². The zero-order valence-electron chi connectivity index (χ0n) is 16.2. The summed E-state index contributed by atoms with van der Waals surface area (Å²) in [5.41, 5.74) is 4.18. The summed E-state index contributed by atoms with van der Waals surface area (Å²) in [6.45, 7) is 2.36. The third-order valence-electron chi connectivity index (χ3n) is 4.31. The molecule has 2 heterocycles. The van der Waals surface area contributed by atoms with Gasteiger partial charge in [-0.1, -0.05) is 14.9 Å². The van der Waals surface area contributed by atoms with Crippen molar-refractivity contribution in [1.82, 2.24) is 4.98 Å². The third kappa shape index (κ3) is 9.04. The monoisotopic (exact) mass is 560 g/mol. The quantitative estimate of drug-likeness (QED) is 0.215. The van der Waals surface area contributed by atoms with Gasteiger partial charge in [-0.2, -0.15) is 4.73 Å². The van der Waals surface area contributed by atoms with Crippen LogP contribution in [0, 0.1) is 5.21 Å². The minimum absolute atomic E-state index is 0. The molecular weight excluding hydrogens is 532 g/mol. The van der Waals surface area contributed by atoms with E-state index in [4.69, 9.17) is 0 Å². The van der Waals surface area contributed by atoms with E-state index in [1.807, 2.05) is 12.1 Å². The maximum atomic E-state index is 11.2. The lowest BCUT2D eigenvalue weighted by Crippen LogP contribution is -2.31. The van der Waals surface area contributed by atoms with E-state index in [9.17, 15) is 19.9 Å². The molecule has 2 aliphatic carbocycles. The highest BCUT2D eigenvalue weighted by Gasteiger charge is 2.21. The van der Waals surface area contributed by atoms with Crippen molar-refractivity contribution < 1.29 is 24.2 Å². The van der Waals surface area contributed by atoms with Crippen LogP contribution in [-0.2, 0) is 33.6 Å². The average Bonchev–Trinajstić information content (AvgIpc) is 3.21. The number of rotatable bonds is 0. The first-order chi connectivity index (χ1) is 13.7. The number of aliphatic hydroxyl groups excluding tert-OH is 1. The molecule has 0 bridgehead atoms. The summed E-state index contributed by atoms with van der Waals surface area (Å²) < 4.78 is 6.82. The van der Waals surface area contributed by atoms with Crippen LogP contribution in [0.4, 0.5) is 0 Å². The predicted octanol–water partition coefficient (Wildman–Crippen LogP) is 4.76. The first kappa shape index (κ1) is 29.2. The molecule has 0 saturated carbocycles. The number of ether oxygens (including phenoxy) is 1. The van der Waals surface area contributed by atoms with E-state index in [0.717, 1.165) is 57.2 Å². The lowest BCUT2D eigenvalue weighted by Gasteiger charge is -2.02. The lowest BCUT2D eigenvalue weighted by molar-refractivity contribution is -0.614. The fraction of sp³-hybridized carbons (Fsp3) is 0.455. The van der Waals surface area contributed by atoms with Crippen LogP contribution in [0.1, 0.15) is 70.2 Å². The van der Waals surface area contributed by atoms with Crippen molar-refractivity contribution in [3.63, 3.8) is 0 Å². The number of esters is 2. The number of carbonyl (C=O) groups excluding carboxylic acids is 2. The van der Waals surface area contributed by atoms with Gasteiger partial charge in [0.2, 0.25) is 0 Å². The van der Waals surface area contributed by atoms with Crippen molar-refractivity contribution in [1.29, 1.82) is 0 Å². The Morgan fingerprint density at radius 2 is 1.71 bits per heavy atom. The molecule has 31 heavy (non-hydrogen) atoms. The molecule has 172 valence electrons. The summed E-state index contributed by atoms with van der Waals surface area (Å²) in [6, 6.07) is 4.06. The molecule has 2 aliphatic rings. The molecule has 4 rings (SSSR count). The van der Waals surface area contributed by atoms with Crippen LogP contribution in [0.5, 0.6) is 0 Å². The number of hydrogen-bond donors (Lipinski definition) is 1. The van der Waals surface area contributed by atoms with E-state index in [2.05, 4.69) is 41.6 Å². The van der Waals surface area contributed by atoms with Gasteiger partial charge in [-0.3, -0.25) is 14.6 Å². The molecule has 2 aromatic heterocycles. The fourth-order valence-corrected chi connectivity index (χ4v) is 4.02. The molecule has 1 unspecified atom stereocenters. The van der Waals surface area contributed by atoms with Crippen LogP contribution < -0.4 is 4.73 Å². The standard InChI is InChI=1S/2C8H8BrNO.C4H6O3.2CH4/c9-6-3-5-1-2-7(11)8(5)10-4-6;9-7-4-6-2-1-3-8(6)10(11)5-7;1-3(5)7-4(2)6;;/h3-4,7,11H,1-2H2;4-5H,1-3H2;1-2H3;2*1H4. The topological polar surface area (TPSA) is 103 Å². The number of hydrogen-bond acceptors (Lipinski definition) is 6. The van der Waals surface area contributed by atoms with Crippen LogP contribution in [-0.4, -0.2) is 22.0 Å². The Morgan fingerprint density at radius 3 is 2.29 bits per heavy atom. The molecule has 1 atom stereocenters. The van der Waals surface area contributed by atoms with Gasteiger partial charge >= 0.3 is 11.9 Å². The van der Waals surface area contributed by atoms with Crippen molar-refractivity contribution in [3.05, 3.63) is 61.2 Å². The molecular formula is C22H30Br2N2O5. The van der Waals surface area contributed by atoms with E-state index < -0.39 is 11.9 Å². The van der Waals surface area contributed by atoms with E-state index in [1.165, 1.54) is 25.0 Å². The molecule has 2 aromatic rings. The molecule has 0 amide bonds. The van der Waals surface area contributed by atoms with Crippen LogP contribution in [0.3, 0.4) is 0 Å². The Balaban J connectivity index is 0.000000435. The Labute approximate surface area is 200 Å². The van der Waals surface area contributed by atoms with Crippen LogP contribution in [0.25, 0.3) is 0 Å². The van der Waals surface area contributed by atoms with Crippen molar-refractivity contribution >= 4 is 43.8 Å². The van der Waals surface area contributed by atoms with Gasteiger partial charge in [0.1, 0.15) is 0 Å². The summed E-state index contributed by atoms with van der Waals surface area (Å²) in [4.78, 5) is 23.8. The first-order valence-corrected chi connectivity index (χ1v) is 10.7. The number of fused-ring (bicyclic) bond motifs is 2. The Bertz CT molecular complexity index is 894. The fourth-order valence-electron chi connectivity index (χ4n) is 3.18. The number of aliphatic hydroxyl groups is 1. The van der Waals surface area contributed by atoms with Gasteiger partial charge in [0.25, 0.3) is 0 Å². The van der Waals surface area contributed by atoms with Crippen molar-refractivity contribution in [2.45, 2.75) is 66.9 Å². The second kappa shape index (κ2) is 13.5. The van der Waals surface area contributed by atoms with Gasteiger partial charge < -0.3 is 15.1 Å². The molecule has 0 fully saturated rings. The van der Waals surface area contributed by atoms with Crippen molar-refractivity contribution in [2.75, 3.05) is 0 Å². The molecule has 0 saturated heterocycles. The highest BCUT2D eigenvalue weighted by molar-refractivity contribution is 9.10. The minimum Gasteiger partial charge on any atom is -0.618 e. The molecule has 0 spiro atoms. The van der Waals surface area contributed by atoms with E-state index in [0.29, 0.717) is 0 Å². The summed E-state index contributed by atoms with van der Waals surface area (Å²) >= 11 is 6.64. The molecule has 7 nitrogen and oxygen atoms in total. The van der Waals surface area contributed by atoms with Gasteiger partial charge in [-0.05, 0) is 75.2 Å². The number of halogens is 2. The zero-order chi connectivity index (χ0) is 21.6. The van der Waals surface area contributed by atoms with Crippen LogP contribution >= 0.6 is 31.9 Å². The molecule has 9 heteroatoms. The largest absolute Gasteiger partial charge is 0.618 e. The average molecular weight is 562 g/mol. The number of nitrogens with zero attached hydrogens (tertiary/aromatic N) is 2.